The highest BCUT2D eigenvalue weighted by molar-refractivity contribution is 5.78. The number of nitrogens with one attached hydrogen (secondary N) is 1. The average Bonchev–Trinajstić information content (AvgIpc) is 2.22. The quantitative estimate of drug-likeness (QED) is 0.398. The van der Waals surface area contributed by atoms with Crippen LogP contribution in [0, 0.1) is 5.92 Å². The van der Waals surface area contributed by atoms with Gasteiger partial charge in [0, 0.05) is 5.92 Å². The predicted octanol–water partition coefficient (Wildman–Crippen LogP) is 2.26. The fourth-order valence-electron chi connectivity index (χ4n) is 0.831. The molecule has 0 rings (SSSR count). The van der Waals surface area contributed by atoms with Crippen molar-refractivity contribution in [1.29, 1.82) is 0 Å². The maximum Gasteiger partial charge on any atom is 0.222 e. The summed E-state index contributed by atoms with van der Waals surface area (Å²) in [7, 11) is 0. The van der Waals surface area contributed by atoms with E-state index >= 15 is 0 Å². The Bertz CT molecular complexity index is 246. The van der Waals surface area contributed by atoms with Crippen LogP contribution >= 0.6 is 0 Å². The monoisotopic (exact) mass is 211 g/mol. The van der Waals surface area contributed by atoms with Crippen molar-refractivity contribution in [2.24, 2.45) is 5.92 Å². The summed E-state index contributed by atoms with van der Waals surface area (Å²) in [6.07, 6.45) is 0.852. The second kappa shape index (κ2) is 7.10. The van der Waals surface area contributed by atoms with E-state index < -0.39 is 0 Å². The largest absolute Gasteiger partial charge is 0.492 e. The van der Waals surface area contributed by atoms with Crippen LogP contribution in [0.2, 0.25) is 0 Å². The summed E-state index contributed by atoms with van der Waals surface area (Å²) in [6, 6.07) is 0. The molecular formula is C12H21NO2. The molecule has 3 nitrogen and oxygen atoms in total. The highest BCUT2D eigenvalue weighted by atomic mass is 16.5. The van der Waals surface area contributed by atoms with Crippen LogP contribution in [-0.4, -0.2) is 19.1 Å². The van der Waals surface area contributed by atoms with Gasteiger partial charge < -0.3 is 10.1 Å². The van der Waals surface area contributed by atoms with Gasteiger partial charge in [-0.05, 0) is 18.9 Å². The number of ether oxygens (including phenoxy) is 1. The van der Waals surface area contributed by atoms with Crippen LogP contribution in [0.3, 0.4) is 0 Å². The molecule has 0 aromatic heterocycles. The zero-order chi connectivity index (χ0) is 11.8. The Balaban J connectivity index is 3.59. The first-order valence-corrected chi connectivity index (χ1v) is 5.24. The standard InChI is InChI=1S/C12H21NO2/c1-6-10(4)12(14)13-7-8-15-11(5)9(2)3/h10H,2,5-8H2,1,3-4H3,(H,13,14). The normalized spacial score (nSPS) is 11.7. The Morgan fingerprint density at radius 2 is 2.07 bits per heavy atom. The van der Waals surface area contributed by atoms with Crippen LogP contribution < -0.4 is 5.32 Å². The number of rotatable bonds is 7. The smallest absolute Gasteiger partial charge is 0.222 e. The molecule has 1 amide bonds. The molecule has 0 aliphatic heterocycles. The van der Waals surface area contributed by atoms with Crippen molar-refractivity contribution in [3.63, 3.8) is 0 Å². The van der Waals surface area contributed by atoms with Crippen molar-refractivity contribution in [3.8, 4) is 0 Å². The Labute approximate surface area is 92.2 Å². The van der Waals surface area contributed by atoms with Gasteiger partial charge in [-0.15, -0.1) is 0 Å². The van der Waals surface area contributed by atoms with Crippen LogP contribution in [0.5, 0.6) is 0 Å². The van der Waals surface area contributed by atoms with E-state index in [1.165, 1.54) is 0 Å². The van der Waals surface area contributed by atoms with Crippen LogP contribution in [-0.2, 0) is 9.53 Å². The summed E-state index contributed by atoms with van der Waals surface area (Å²) >= 11 is 0. The number of amides is 1. The molecule has 0 aromatic carbocycles. The van der Waals surface area contributed by atoms with E-state index in [1.54, 1.807) is 0 Å². The first-order valence-electron chi connectivity index (χ1n) is 5.24. The van der Waals surface area contributed by atoms with Crippen molar-refractivity contribution in [2.75, 3.05) is 13.2 Å². The summed E-state index contributed by atoms with van der Waals surface area (Å²) < 4.78 is 5.26. The number of hydrogen-bond acceptors (Lipinski definition) is 2. The summed E-state index contributed by atoms with van der Waals surface area (Å²) in [5, 5.41) is 2.79. The molecule has 0 aliphatic rings. The van der Waals surface area contributed by atoms with Gasteiger partial charge in [-0.25, -0.2) is 0 Å². The Hall–Kier alpha value is -1.25. The van der Waals surface area contributed by atoms with Crippen molar-refractivity contribution < 1.29 is 9.53 Å². The van der Waals surface area contributed by atoms with E-state index in [9.17, 15) is 4.79 Å². The molecule has 1 atom stereocenters. The van der Waals surface area contributed by atoms with Crippen molar-refractivity contribution in [2.45, 2.75) is 27.2 Å². The molecule has 15 heavy (non-hydrogen) atoms. The Morgan fingerprint density at radius 3 is 2.53 bits per heavy atom. The molecular weight excluding hydrogens is 190 g/mol. The van der Waals surface area contributed by atoms with Gasteiger partial charge >= 0.3 is 0 Å². The average molecular weight is 211 g/mol. The number of hydrogen-bond donors (Lipinski definition) is 1. The van der Waals surface area contributed by atoms with E-state index in [1.807, 2.05) is 20.8 Å². The molecule has 0 bridgehead atoms. The molecule has 3 heteroatoms. The van der Waals surface area contributed by atoms with Crippen LogP contribution in [0.25, 0.3) is 0 Å². The van der Waals surface area contributed by atoms with Crippen molar-refractivity contribution >= 4 is 5.91 Å². The molecule has 0 saturated carbocycles. The van der Waals surface area contributed by atoms with E-state index in [-0.39, 0.29) is 11.8 Å². The third-order valence-corrected chi connectivity index (χ3v) is 2.21. The fourth-order valence-corrected chi connectivity index (χ4v) is 0.831. The Kier molecular flexibility index (Phi) is 6.50. The summed E-state index contributed by atoms with van der Waals surface area (Å²) in [4.78, 5) is 11.3. The summed E-state index contributed by atoms with van der Waals surface area (Å²) in [5.41, 5.74) is 0.809. The van der Waals surface area contributed by atoms with Crippen molar-refractivity contribution in [1.82, 2.24) is 5.32 Å². The lowest BCUT2D eigenvalue weighted by atomic mass is 10.1. The molecule has 0 fully saturated rings. The maximum absolute atomic E-state index is 11.3. The lowest BCUT2D eigenvalue weighted by Crippen LogP contribution is -2.31. The van der Waals surface area contributed by atoms with Gasteiger partial charge in [0.2, 0.25) is 5.91 Å². The maximum atomic E-state index is 11.3. The molecule has 0 spiro atoms. The Morgan fingerprint density at radius 1 is 1.47 bits per heavy atom. The van der Waals surface area contributed by atoms with Gasteiger partial charge in [-0.1, -0.05) is 27.0 Å². The van der Waals surface area contributed by atoms with E-state index in [2.05, 4.69) is 18.5 Å². The summed E-state index contributed by atoms with van der Waals surface area (Å²) in [6.45, 7) is 14.1. The topological polar surface area (TPSA) is 38.3 Å². The molecule has 86 valence electrons. The summed E-state index contributed by atoms with van der Waals surface area (Å²) in [5.74, 6) is 0.712. The van der Waals surface area contributed by atoms with Crippen LogP contribution in [0.15, 0.2) is 24.5 Å². The number of carbonyl (C=O) groups excluding carboxylic acids is 1. The van der Waals surface area contributed by atoms with Crippen LogP contribution in [0.4, 0.5) is 0 Å². The number of carbonyl (C=O) groups is 1. The molecule has 1 unspecified atom stereocenters. The first-order chi connectivity index (χ1) is 6.99. The molecule has 0 heterocycles. The molecule has 0 aliphatic carbocycles. The van der Waals surface area contributed by atoms with Gasteiger partial charge in [0.25, 0.3) is 0 Å². The molecule has 0 radical (unpaired) electrons. The van der Waals surface area contributed by atoms with E-state index in [4.69, 9.17) is 4.74 Å². The zero-order valence-electron chi connectivity index (χ0n) is 9.93. The third kappa shape index (κ3) is 5.94. The van der Waals surface area contributed by atoms with Gasteiger partial charge in [0.15, 0.2) is 0 Å². The second-order valence-corrected chi connectivity index (χ2v) is 3.65. The van der Waals surface area contributed by atoms with Gasteiger partial charge in [0.05, 0.1) is 6.54 Å². The highest BCUT2D eigenvalue weighted by Gasteiger charge is 2.08. The van der Waals surface area contributed by atoms with E-state index in [0.717, 1.165) is 12.0 Å². The van der Waals surface area contributed by atoms with Gasteiger partial charge in [-0.2, -0.15) is 0 Å². The van der Waals surface area contributed by atoms with Gasteiger partial charge in [0.1, 0.15) is 12.4 Å². The van der Waals surface area contributed by atoms with E-state index in [0.29, 0.717) is 18.9 Å². The lowest BCUT2D eigenvalue weighted by Gasteiger charge is -2.11. The SMILES string of the molecule is C=C(C)C(=C)OCCNC(=O)C(C)CC. The number of allylic oxidation sites excluding steroid dienone is 1. The minimum atomic E-state index is 0.0642. The zero-order valence-corrected chi connectivity index (χ0v) is 9.93. The predicted molar refractivity (Wildman–Crippen MR) is 62.4 cm³/mol. The molecule has 1 N–H and O–H groups in total. The third-order valence-electron chi connectivity index (χ3n) is 2.21. The minimum absolute atomic E-state index is 0.0642. The lowest BCUT2D eigenvalue weighted by molar-refractivity contribution is -0.124. The fraction of sp³-hybridized carbons (Fsp3) is 0.583. The second-order valence-electron chi connectivity index (χ2n) is 3.65. The highest BCUT2D eigenvalue weighted by Crippen LogP contribution is 2.04. The minimum Gasteiger partial charge on any atom is -0.492 e. The molecule has 0 saturated heterocycles. The van der Waals surface area contributed by atoms with Gasteiger partial charge in [-0.3, -0.25) is 4.79 Å². The molecule has 0 aromatic rings. The van der Waals surface area contributed by atoms with Crippen LogP contribution in [0.1, 0.15) is 27.2 Å². The van der Waals surface area contributed by atoms with Crippen molar-refractivity contribution in [3.05, 3.63) is 24.5 Å². The first kappa shape index (κ1) is 13.8.